The van der Waals surface area contributed by atoms with Crippen molar-refractivity contribution in [2.45, 2.75) is 20.3 Å². The van der Waals surface area contributed by atoms with Crippen LogP contribution in [0.5, 0.6) is 0 Å². The van der Waals surface area contributed by atoms with Crippen molar-refractivity contribution >= 4 is 5.78 Å². The van der Waals surface area contributed by atoms with E-state index in [9.17, 15) is 4.79 Å². The summed E-state index contributed by atoms with van der Waals surface area (Å²) in [6.07, 6.45) is 2.20. The van der Waals surface area contributed by atoms with Crippen molar-refractivity contribution in [1.29, 1.82) is 0 Å². The SMILES string of the molecule is CC(=O)CC(C)=C=CCN. The molecule has 0 heterocycles. The summed E-state index contributed by atoms with van der Waals surface area (Å²) in [5.74, 6) is 0.162. The zero-order valence-corrected chi connectivity index (χ0v) is 6.48. The number of rotatable bonds is 3. The summed E-state index contributed by atoms with van der Waals surface area (Å²) >= 11 is 0. The standard InChI is InChI=1S/C8H13NO/c1-7(4-3-5-9)6-8(2)10/h3H,5-6,9H2,1-2H3. The highest BCUT2D eigenvalue weighted by Gasteiger charge is 1.91. The van der Waals surface area contributed by atoms with E-state index < -0.39 is 0 Å². The molecule has 0 saturated heterocycles. The second kappa shape index (κ2) is 4.98. The Morgan fingerprint density at radius 2 is 2.20 bits per heavy atom. The number of ketones is 1. The van der Waals surface area contributed by atoms with Crippen LogP contribution in [0.4, 0.5) is 0 Å². The first-order chi connectivity index (χ1) is 4.66. The highest BCUT2D eigenvalue weighted by molar-refractivity contribution is 5.77. The second-order valence-electron chi connectivity index (χ2n) is 2.24. The van der Waals surface area contributed by atoms with Crippen LogP contribution < -0.4 is 5.73 Å². The Morgan fingerprint density at radius 1 is 1.60 bits per heavy atom. The van der Waals surface area contributed by atoms with Crippen molar-refractivity contribution in [3.8, 4) is 0 Å². The van der Waals surface area contributed by atoms with Crippen molar-refractivity contribution in [3.63, 3.8) is 0 Å². The first-order valence-electron chi connectivity index (χ1n) is 3.27. The van der Waals surface area contributed by atoms with Crippen LogP contribution in [0.1, 0.15) is 20.3 Å². The first kappa shape index (κ1) is 9.15. The molecule has 0 spiro atoms. The van der Waals surface area contributed by atoms with E-state index in [2.05, 4.69) is 5.73 Å². The van der Waals surface area contributed by atoms with E-state index in [1.165, 1.54) is 0 Å². The molecule has 10 heavy (non-hydrogen) atoms. The molecule has 0 radical (unpaired) electrons. The third kappa shape index (κ3) is 5.29. The van der Waals surface area contributed by atoms with Crippen LogP contribution in [0.2, 0.25) is 0 Å². The van der Waals surface area contributed by atoms with Crippen molar-refractivity contribution < 1.29 is 4.79 Å². The smallest absolute Gasteiger partial charge is 0.134 e. The number of hydrogen-bond acceptors (Lipinski definition) is 2. The lowest BCUT2D eigenvalue weighted by molar-refractivity contribution is -0.116. The van der Waals surface area contributed by atoms with Gasteiger partial charge in [-0.2, -0.15) is 0 Å². The molecule has 0 aliphatic rings. The van der Waals surface area contributed by atoms with Gasteiger partial charge in [-0.15, -0.1) is 5.73 Å². The first-order valence-corrected chi connectivity index (χ1v) is 3.27. The normalized spacial score (nSPS) is 8.30. The molecule has 0 aromatic carbocycles. The van der Waals surface area contributed by atoms with Gasteiger partial charge in [0.1, 0.15) is 5.78 Å². The van der Waals surface area contributed by atoms with Gasteiger partial charge in [-0.05, 0) is 25.5 Å². The Kier molecular flexibility index (Phi) is 4.55. The molecular formula is C8H13NO. The minimum absolute atomic E-state index is 0.162. The van der Waals surface area contributed by atoms with Crippen molar-refractivity contribution in [3.05, 3.63) is 17.4 Å². The van der Waals surface area contributed by atoms with Crippen LogP contribution in [0.15, 0.2) is 17.4 Å². The lowest BCUT2D eigenvalue weighted by Gasteiger charge is -1.89. The predicted molar refractivity (Wildman–Crippen MR) is 41.6 cm³/mol. The van der Waals surface area contributed by atoms with Gasteiger partial charge in [-0.3, -0.25) is 4.79 Å². The van der Waals surface area contributed by atoms with Gasteiger partial charge in [0, 0.05) is 13.0 Å². The van der Waals surface area contributed by atoms with Crippen LogP contribution in [-0.2, 0) is 4.79 Å². The molecule has 0 unspecified atom stereocenters. The number of hydrogen-bond donors (Lipinski definition) is 1. The number of Topliss-reactive ketones (excluding diaryl/α,β-unsaturated/α-hetero) is 1. The highest BCUT2D eigenvalue weighted by Crippen LogP contribution is 1.96. The van der Waals surface area contributed by atoms with Gasteiger partial charge in [-0.1, -0.05) is 0 Å². The largest absolute Gasteiger partial charge is 0.326 e. The summed E-state index contributed by atoms with van der Waals surface area (Å²) in [5, 5.41) is 0. The highest BCUT2D eigenvalue weighted by atomic mass is 16.1. The lowest BCUT2D eigenvalue weighted by Crippen LogP contribution is -1.92. The molecule has 0 rings (SSSR count). The molecule has 56 valence electrons. The summed E-state index contributed by atoms with van der Waals surface area (Å²) < 4.78 is 0. The van der Waals surface area contributed by atoms with E-state index in [-0.39, 0.29) is 5.78 Å². The van der Waals surface area contributed by atoms with E-state index >= 15 is 0 Å². The van der Waals surface area contributed by atoms with Crippen LogP contribution in [0.25, 0.3) is 0 Å². The van der Waals surface area contributed by atoms with Crippen molar-refractivity contribution in [1.82, 2.24) is 0 Å². The quantitative estimate of drug-likeness (QED) is 0.593. The maximum absolute atomic E-state index is 10.5. The van der Waals surface area contributed by atoms with E-state index in [1.54, 1.807) is 13.0 Å². The fraction of sp³-hybridized carbons (Fsp3) is 0.500. The summed E-state index contributed by atoms with van der Waals surface area (Å²) in [4.78, 5) is 10.5. The van der Waals surface area contributed by atoms with Crippen LogP contribution in [-0.4, -0.2) is 12.3 Å². The summed E-state index contributed by atoms with van der Waals surface area (Å²) in [5.41, 5.74) is 9.04. The molecule has 0 aliphatic carbocycles. The fourth-order valence-corrected chi connectivity index (χ4v) is 0.658. The minimum atomic E-state index is 0.162. The lowest BCUT2D eigenvalue weighted by atomic mass is 10.2. The average Bonchev–Trinajstić information content (AvgIpc) is 1.82. The van der Waals surface area contributed by atoms with Crippen molar-refractivity contribution in [2.24, 2.45) is 5.73 Å². The van der Waals surface area contributed by atoms with Gasteiger partial charge in [0.25, 0.3) is 0 Å². The van der Waals surface area contributed by atoms with Gasteiger partial charge in [-0.25, -0.2) is 0 Å². The zero-order valence-electron chi connectivity index (χ0n) is 6.48. The van der Waals surface area contributed by atoms with Gasteiger partial charge < -0.3 is 5.73 Å². The molecule has 0 atom stereocenters. The molecule has 0 aliphatic heterocycles. The fourth-order valence-electron chi connectivity index (χ4n) is 0.658. The van der Waals surface area contributed by atoms with E-state index in [0.717, 1.165) is 5.57 Å². The Hall–Kier alpha value is -0.850. The van der Waals surface area contributed by atoms with E-state index in [4.69, 9.17) is 5.73 Å². The number of carbonyl (C=O) groups is 1. The second-order valence-corrected chi connectivity index (χ2v) is 2.24. The van der Waals surface area contributed by atoms with Crippen LogP contribution in [0.3, 0.4) is 0 Å². The van der Waals surface area contributed by atoms with Gasteiger partial charge in [0.2, 0.25) is 0 Å². The van der Waals surface area contributed by atoms with Gasteiger partial charge in [0.15, 0.2) is 0 Å². The topological polar surface area (TPSA) is 43.1 Å². The maximum Gasteiger partial charge on any atom is 0.134 e. The zero-order chi connectivity index (χ0) is 7.98. The Balaban J connectivity index is 3.94. The number of nitrogens with two attached hydrogens (primary N) is 1. The molecular weight excluding hydrogens is 126 g/mol. The molecule has 0 fully saturated rings. The Morgan fingerprint density at radius 3 is 2.60 bits per heavy atom. The average molecular weight is 139 g/mol. The van der Waals surface area contributed by atoms with Crippen LogP contribution >= 0.6 is 0 Å². The van der Waals surface area contributed by atoms with Gasteiger partial charge >= 0.3 is 0 Å². The molecule has 0 amide bonds. The van der Waals surface area contributed by atoms with Crippen LogP contribution in [0, 0.1) is 0 Å². The molecule has 2 N–H and O–H groups in total. The molecule has 0 aromatic rings. The van der Waals surface area contributed by atoms with E-state index in [1.807, 2.05) is 6.92 Å². The monoisotopic (exact) mass is 139 g/mol. The van der Waals surface area contributed by atoms with E-state index in [0.29, 0.717) is 13.0 Å². The predicted octanol–water partition coefficient (Wildman–Crippen LogP) is 1.03. The summed E-state index contributed by atoms with van der Waals surface area (Å²) in [7, 11) is 0. The molecule has 0 aromatic heterocycles. The third-order valence-corrected chi connectivity index (χ3v) is 0.980. The number of carbonyl (C=O) groups excluding carboxylic acids is 1. The minimum Gasteiger partial charge on any atom is -0.326 e. The Labute approximate surface area is 61.4 Å². The Bertz CT molecular complexity index is 176. The van der Waals surface area contributed by atoms with Gasteiger partial charge in [0.05, 0.1) is 0 Å². The third-order valence-electron chi connectivity index (χ3n) is 0.980. The molecule has 0 bridgehead atoms. The molecule has 2 heteroatoms. The molecule has 0 saturated carbocycles. The summed E-state index contributed by atoms with van der Waals surface area (Å²) in [6.45, 7) is 3.91. The molecule has 2 nitrogen and oxygen atoms in total. The maximum atomic E-state index is 10.5. The summed E-state index contributed by atoms with van der Waals surface area (Å²) in [6, 6.07) is 0. The van der Waals surface area contributed by atoms with Crippen molar-refractivity contribution in [2.75, 3.05) is 6.54 Å².